The van der Waals surface area contributed by atoms with Crippen LogP contribution < -0.4 is 11.5 Å². The van der Waals surface area contributed by atoms with Gasteiger partial charge in [-0.15, -0.1) is 0 Å². The van der Waals surface area contributed by atoms with Gasteiger partial charge in [-0.25, -0.2) is 19.5 Å². The van der Waals surface area contributed by atoms with Crippen LogP contribution in [-0.4, -0.2) is 51.0 Å². The fourth-order valence-corrected chi connectivity index (χ4v) is 2.00. The fourth-order valence-electron chi connectivity index (χ4n) is 2.00. The summed E-state index contributed by atoms with van der Waals surface area (Å²) < 4.78 is 1.57. The molecule has 1 aliphatic heterocycles. The standard InChI is InChI=1S/C13H15N9/c1-21(2)12-8(15)5-7(14)11(20-12)18-9-6-17-22-4-3-10(16)19-13(9)22/h3-6,15H,14H2,1-2H3,(H2,16,19)/b15-8?,18-11-. The van der Waals surface area contributed by atoms with Gasteiger partial charge in [-0.3, -0.25) is 5.41 Å². The van der Waals surface area contributed by atoms with E-state index < -0.39 is 0 Å². The summed E-state index contributed by atoms with van der Waals surface area (Å²) in [6, 6.07) is 1.65. The van der Waals surface area contributed by atoms with Crippen LogP contribution in [0.2, 0.25) is 0 Å². The van der Waals surface area contributed by atoms with Crippen LogP contribution in [0.5, 0.6) is 0 Å². The Morgan fingerprint density at radius 3 is 2.82 bits per heavy atom. The minimum Gasteiger partial charge on any atom is -0.396 e. The van der Waals surface area contributed by atoms with Crippen molar-refractivity contribution in [1.29, 1.82) is 5.41 Å². The molecular formula is C13H15N9. The number of hydrogen-bond donors (Lipinski definition) is 3. The average molecular weight is 297 g/mol. The molecule has 2 aromatic heterocycles. The summed E-state index contributed by atoms with van der Waals surface area (Å²) in [5.41, 5.74) is 13.2. The van der Waals surface area contributed by atoms with E-state index in [2.05, 4.69) is 20.1 Å². The van der Waals surface area contributed by atoms with E-state index in [9.17, 15) is 0 Å². The lowest BCUT2D eigenvalue weighted by Gasteiger charge is -2.19. The van der Waals surface area contributed by atoms with Crippen molar-refractivity contribution in [2.24, 2.45) is 15.7 Å². The van der Waals surface area contributed by atoms with Gasteiger partial charge < -0.3 is 16.4 Å². The maximum absolute atomic E-state index is 7.88. The molecule has 0 unspecified atom stereocenters. The number of aliphatic imine (C=N–C) groups is 2. The van der Waals surface area contributed by atoms with Crippen LogP contribution in [0.3, 0.4) is 0 Å². The molecule has 1 aliphatic rings. The third kappa shape index (κ3) is 2.28. The highest BCUT2D eigenvalue weighted by Crippen LogP contribution is 2.20. The third-order valence-corrected chi connectivity index (χ3v) is 3.03. The molecule has 112 valence electrons. The molecule has 0 bridgehead atoms. The highest BCUT2D eigenvalue weighted by molar-refractivity contribution is 6.48. The van der Waals surface area contributed by atoms with Crippen molar-refractivity contribution in [2.45, 2.75) is 0 Å². The minimum atomic E-state index is 0.240. The first kappa shape index (κ1) is 13.7. The quantitative estimate of drug-likeness (QED) is 0.690. The average Bonchev–Trinajstić information content (AvgIpc) is 2.83. The molecule has 22 heavy (non-hydrogen) atoms. The maximum atomic E-state index is 7.88. The van der Waals surface area contributed by atoms with Gasteiger partial charge in [0.2, 0.25) is 0 Å². The Morgan fingerprint density at radius 2 is 2.09 bits per heavy atom. The van der Waals surface area contributed by atoms with Crippen molar-refractivity contribution in [1.82, 2.24) is 19.5 Å². The Balaban J connectivity index is 2.11. The molecule has 9 nitrogen and oxygen atoms in total. The van der Waals surface area contributed by atoms with E-state index in [0.29, 0.717) is 34.5 Å². The van der Waals surface area contributed by atoms with Gasteiger partial charge in [0.1, 0.15) is 11.5 Å². The number of nitrogen functional groups attached to an aromatic ring is 1. The van der Waals surface area contributed by atoms with Crippen LogP contribution in [0.15, 0.2) is 40.2 Å². The predicted molar refractivity (Wildman–Crippen MR) is 85.6 cm³/mol. The molecule has 0 aliphatic carbocycles. The molecule has 0 radical (unpaired) electrons. The lowest BCUT2D eigenvalue weighted by molar-refractivity contribution is 0.631. The van der Waals surface area contributed by atoms with E-state index in [1.165, 1.54) is 6.08 Å². The van der Waals surface area contributed by atoms with E-state index >= 15 is 0 Å². The SMILES string of the molecule is CN(C)C1=N/C(=N\c2cnn3ccc(N)nc23)C(N)=CC1=N. The first-order chi connectivity index (χ1) is 10.5. The molecule has 5 N–H and O–H groups in total. The Kier molecular flexibility index (Phi) is 3.09. The molecule has 2 aromatic rings. The number of aromatic nitrogens is 3. The van der Waals surface area contributed by atoms with Gasteiger partial charge in [0.05, 0.1) is 17.6 Å². The molecule has 0 saturated carbocycles. The Bertz CT molecular complexity index is 854. The van der Waals surface area contributed by atoms with Crippen molar-refractivity contribution < 1.29 is 0 Å². The van der Waals surface area contributed by atoms with Crippen LogP contribution in [0.1, 0.15) is 0 Å². The topological polar surface area (TPSA) is 134 Å². The van der Waals surface area contributed by atoms with Gasteiger partial charge in [0.25, 0.3) is 0 Å². The Morgan fingerprint density at radius 1 is 1.32 bits per heavy atom. The monoisotopic (exact) mass is 297 g/mol. The summed E-state index contributed by atoms with van der Waals surface area (Å²) in [6.45, 7) is 0. The second kappa shape index (κ2) is 4.95. The second-order valence-corrected chi connectivity index (χ2v) is 4.93. The molecule has 3 heterocycles. The van der Waals surface area contributed by atoms with Crippen molar-refractivity contribution in [2.75, 3.05) is 19.8 Å². The van der Waals surface area contributed by atoms with Gasteiger partial charge >= 0.3 is 0 Å². The lowest BCUT2D eigenvalue weighted by atomic mass is 10.2. The summed E-state index contributed by atoms with van der Waals surface area (Å²) in [6.07, 6.45) is 4.78. The maximum Gasteiger partial charge on any atom is 0.183 e. The zero-order valence-electron chi connectivity index (χ0n) is 12.1. The molecule has 3 rings (SSSR count). The summed E-state index contributed by atoms with van der Waals surface area (Å²) in [5.74, 6) is 1.18. The van der Waals surface area contributed by atoms with Crippen LogP contribution in [0, 0.1) is 5.41 Å². The first-order valence-corrected chi connectivity index (χ1v) is 6.47. The second-order valence-electron chi connectivity index (χ2n) is 4.93. The number of nitrogens with two attached hydrogens (primary N) is 2. The zero-order valence-corrected chi connectivity index (χ0v) is 12.1. The van der Waals surface area contributed by atoms with Gasteiger partial charge in [-0.1, -0.05) is 0 Å². The van der Waals surface area contributed by atoms with Crippen molar-refractivity contribution in [3.8, 4) is 0 Å². The van der Waals surface area contributed by atoms with Gasteiger partial charge in [-0.2, -0.15) is 5.10 Å². The molecule has 0 fully saturated rings. The van der Waals surface area contributed by atoms with Crippen molar-refractivity contribution in [3.63, 3.8) is 0 Å². The normalized spacial score (nSPS) is 16.8. The van der Waals surface area contributed by atoms with Crippen molar-refractivity contribution in [3.05, 3.63) is 30.2 Å². The van der Waals surface area contributed by atoms with E-state index in [1.54, 1.807) is 42.0 Å². The van der Waals surface area contributed by atoms with Crippen molar-refractivity contribution >= 4 is 34.5 Å². The fraction of sp³-hybridized carbons (Fsp3) is 0.154. The number of fused-ring (bicyclic) bond motifs is 1. The van der Waals surface area contributed by atoms with Crippen LogP contribution in [0.25, 0.3) is 5.65 Å². The first-order valence-electron chi connectivity index (χ1n) is 6.47. The highest BCUT2D eigenvalue weighted by Gasteiger charge is 2.18. The number of nitrogens with one attached hydrogen (secondary N) is 1. The number of anilines is 1. The third-order valence-electron chi connectivity index (χ3n) is 3.03. The predicted octanol–water partition coefficient (Wildman–Crippen LogP) is 0.178. The van der Waals surface area contributed by atoms with Crippen LogP contribution >= 0.6 is 0 Å². The number of rotatable bonds is 1. The minimum absolute atomic E-state index is 0.240. The number of nitrogens with zero attached hydrogens (tertiary/aromatic N) is 6. The van der Waals surface area contributed by atoms with Crippen LogP contribution in [-0.2, 0) is 0 Å². The van der Waals surface area contributed by atoms with E-state index in [4.69, 9.17) is 16.9 Å². The molecule has 0 amide bonds. The summed E-state index contributed by atoms with van der Waals surface area (Å²) in [4.78, 5) is 14.7. The molecule has 0 saturated heterocycles. The van der Waals surface area contributed by atoms with Gasteiger partial charge in [-0.05, 0) is 12.1 Å². The molecular weight excluding hydrogens is 282 g/mol. The summed E-state index contributed by atoms with van der Waals surface area (Å²) in [7, 11) is 3.61. The lowest BCUT2D eigenvalue weighted by Crippen LogP contribution is -2.34. The number of amidine groups is 2. The molecule has 9 heteroatoms. The zero-order chi connectivity index (χ0) is 15.9. The molecule has 0 aromatic carbocycles. The van der Waals surface area contributed by atoms with Gasteiger partial charge in [0, 0.05) is 20.3 Å². The summed E-state index contributed by atoms with van der Waals surface area (Å²) in [5, 5.41) is 12.0. The molecule has 0 atom stereocenters. The molecule has 0 spiro atoms. The smallest absolute Gasteiger partial charge is 0.183 e. The highest BCUT2D eigenvalue weighted by atomic mass is 15.3. The van der Waals surface area contributed by atoms with Crippen LogP contribution in [0.4, 0.5) is 11.5 Å². The Hall–Kier alpha value is -3.23. The summed E-state index contributed by atoms with van der Waals surface area (Å²) >= 11 is 0. The number of hydrogen-bond acceptors (Lipinski definition) is 7. The Labute approximate surface area is 126 Å². The van der Waals surface area contributed by atoms with Gasteiger partial charge in [0.15, 0.2) is 17.3 Å². The van der Waals surface area contributed by atoms with E-state index in [-0.39, 0.29) is 5.71 Å². The largest absolute Gasteiger partial charge is 0.396 e. The van der Waals surface area contributed by atoms with E-state index in [1.807, 2.05) is 0 Å². The number of dihydropyridines is 1. The van der Waals surface area contributed by atoms with E-state index in [0.717, 1.165) is 0 Å².